The first-order valence-corrected chi connectivity index (χ1v) is 4.28. The smallest absolute Gasteiger partial charge is 0.348 e. The fourth-order valence-corrected chi connectivity index (χ4v) is 1.06. The number of carbonyl (C=O) groups is 3. The number of rotatable bonds is 2. The molecule has 0 aromatic heterocycles. The van der Waals surface area contributed by atoms with Crippen LogP contribution in [0.2, 0.25) is 0 Å². The van der Waals surface area contributed by atoms with Gasteiger partial charge in [0.1, 0.15) is 13.2 Å². The van der Waals surface area contributed by atoms with Crippen molar-refractivity contribution >= 4 is 17.9 Å². The number of hydrogen-bond acceptors (Lipinski definition) is 7. The average molecular weight is 230 g/mol. The molecule has 0 N–H and O–H groups in total. The Bertz CT molecular complexity index is 337. The van der Waals surface area contributed by atoms with E-state index in [1.165, 1.54) is 0 Å². The maximum Gasteiger partial charge on any atom is 0.348 e. The maximum absolute atomic E-state index is 11.3. The Kier molecular flexibility index (Phi) is 4.01. The van der Waals surface area contributed by atoms with Crippen LogP contribution < -0.4 is 0 Å². The summed E-state index contributed by atoms with van der Waals surface area (Å²) in [4.78, 5) is 33.5. The molecule has 1 rings (SSSR count). The topological polar surface area (TPSA) is 88.1 Å². The van der Waals surface area contributed by atoms with Crippen molar-refractivity contribution in [2.24, 2.45) is 0 Å². The summed E-state index contributed by atoms with van der Waals surface area (Å²) >= 11 is 0. The standard InChI is InChI=1S/C9H10O7/c1-13-8(11)7(9(12)14-2)5-3-15-4-6(10)16-5/h3-4H2,1-2H3. The number of cyclic esters (lactones) is 1. The molecule has 1 saturated heterocycles. The van der Waals surface area contributed by atoms with Crippen molar-refractivity contribution in [3.63, 3.8) is 0 Å². The zero-order chi connectivity index (χ0) is 12.1. The van der Waals surface area contributed by atoms with E-state index in [9.17, 15) is 14.4 Å². The van der Waals surface area contributed by atoms with Crippen LogP contribution in [0.15, 0.2) is 11.3 Å². The molecule has 0 aliphatic carbocycles. The van der Waals surface area contributed by atoms with Gasteiger partial charge in [-0.25, -0.2) is 14.4 Å². The number of hydrogen-bond donors (Lipinski definition) is 0. The minimum atomic E-state index is -0.944. The minimum absolute atomic E-state index is 0.161. The number of carbonyl (C=O) groups excluding carboxylic acids is 3. The van der Waals surface area contributed by atoms with Crippen molar-refractivity contribution in [2.75, 3.05) is 27.4 Å². The Morgan fingerprint density at radius 1 is 1.12 bits per heavy atom. The van der Waals surface area contributed by atoms with Gasteiger partial charge in [0.2, 0.25) is 0 Å². The van der Waals surface area contributed by atoms with Crippen LogP contribution in [0.3, 0.4) is 0 Å². The van der Waals surface area contributed by atoms with E-state index >= 15 is 0 Å². The normalized spacial score (nSPS) is 15.1. The summed E-state index contributed by atoms with van der Waals surface area (Å²) in [6, 6.07) is 0. The van der Waals surface area contributed by atoms with Crippen LogP contribution in [-0.2, 0) is 33.3 Å². The van der Waals surface area contributed by atoms with Gasteiger partial charge in [0, 0.05) is 0 Å². The third-order valence-corrected chi connectivity index (χ3v) is 1.75. The van der Waals surface area contributed by atoms with E-state index < -0.39 is 23.5 Å². The largest absolute Gasteiger partial charge is 0.465 e. The lowest BCUT2D eigenvalue weighted by molar-refractivity contribution is -0.153. The number of methoxy groups -OCH3 is 2. The molecule has 1 heterocycles. The van der Waals surface area contributed by atoms with Crippen LogP contribution in [0.5, 0.6) is 0 Å². The van der Waals surface area contributed by atoms with Gasteiger partial charge in [0.15, 0.2) is 11.3 Å². The molecule has 16 heavy (non-hydrogen) atoms. The lowest BCUT2D eigenvalue weighted by Crippen LogP contribution is -2.28. The molecule has 1 fully saturated rings. The molecular weight excluding hydrogens is 220 g/mol. The number of ether oxygens (including phenoxy) is 4. The summed E-state index contributed by atoms with van der Waals surface area (Å²) < 4.78 is 18.3. The van der Waals surface area contributed by atoms with Gasteiger partial charge in [-0.15, -0.1) is 0 Å². The van der Waals surface area contributed by atoms with Gasteiger partial charge in [-0.1, -0.05) is 0 Å². The molecule has 0 aromatic rings. The van der Waals surface area contributed by atoms with Gasteiger partial charge in [-0.3, -0.25) is 0 Å². The predicted molar refractivity (Wildman–Crippen MR) is 48.0 cm³/mol. The molecule has 0 unspecified atom stereocenters. The highest BCUT2D eigenvalue weighted by atomic mass is 16.6. The third-order valence-electron chi connectivity index (χ3n) is 1.75. The Labute approximate surface area is 90.9 Å². The van der Waals surface area contributed by atoms with Crippen molar-refractivity contribution in [2.45, 2.75) is 0 Å². The summed E-state index contributed by atoms with van der Waals surface area (Å²) in [7, 11) is 2.19. The van der Waals surface area contributed by atoms with Gasteiger partial charge < -0.3 is 18.9 Å². The zero-order valence-electron chi connectivity index (χ0n) is 8.77. The van der Waals surface area contributed by atoms with Crippen molar-refractivity contribution in [3.8, 4) is 0 Å². The Morgan fingerprint density at radius 3 is 2.12 bits per heavy atom. The second-order valence-electron chi connectivity index (χ2n) is 2.75. The van der Waals surface area contributed by atoms with E-state index in [4.69, 9.17) is 9.47 Å². The SMILES string of the molecule is COC(=O)C(C(=O)OC)=C1COCC(=O)O1. The summed E-state index contributed by atoms with van der Waals surface area (Å²) in [5.41, 5.74) is -0.474. The lowest BCUT2D eigenvalue weighted by Gasteiger charge is -2.16. The van der Waals surface area contributed by atoms with Gasteiger partial charge in [0.25, 0.3) is 0 Å². The zero-order valence-corrected chi connectivity index (χ0v) is 8.77. The Morgan fingerprint density at radius 2 is 1.69 bits per heavy atom. The third kappa shape index (κ3) is 2.57. The van der Waals surface area contributed by atoms with E-state index in [2.05, 4.69) is 9.47 Å². The quantitative estimate of drug-likeness (QED) is 0.201. The van der Waals surface area contributed by atoms with Crippen LogP contribution in [0.1, 0.15) is 0 Å². The molecule has 0 spiro atoms. The van der Waals surface area contributed by atoms with Crippen molar-refractivity contribution in [1.82, 2.24) is 0 Å². The molecule has 0 aromatic carbocycles. The van der Waals surface area contributed by atoms with Crippen molar-refractivity contribution < 1.29 is 33.3 Å². The first-order valence-electron chi connectivity index (χ1n) is 4.28. The van der Waals surface area contributed by atoms with Crippen LogP contribution >= 0.6 is 0 Å². The monoisotopic (exact) mass is 230 g/mol. The fraction of sp³-hybridized carbons (Fsp3) is 0.444. The predicted octanol–water partition coefficient (Wildman–Crippen LogP) is -0.840. The van der Waals surface area contributed by atoms with E-state index in [1.807, 2.05) is 0 Å². The van der Waals surface area contributed by atoms with Gasteiger partial charge >= 0.3 is 17.9 Å². The van der Waals surface area contributed by atoms with Crippen molar-refractivity contribution in [3.05, 3.63) is 11.3 Å². The molecule has 0 saturated carbocycles. The summed E-state index contributed by atoms with van der Waals surface area (Å²) in [5.74, 6) is -2.78. The minimum Gasteiger partial charge on any atom is -0.465 e. The highest BCUT2D eigenvalue weighted by molar-refractivity contribution is 6.14. The Hall–Kier alpha value is -1.89. The van der Waals surface area contributed by atoms with Crippen LogP contribution in [0.4, 0.5) is 0 Å². The molecule has 88 valence electrons. The summed E-state index contributed by atoms with van der Waals surface area (Å²) in [6.45, 7) is -0.385. The van der Waals surface area contributed by atoms with Gasteiger partial charge in [-0.05, 0) is 0 Å². The van der Waals surface area contributed by atoms with E-state index in [1.54, 1.807) is 0 Å². The molecule has 1 aliphatic rings. The molecule has 1 aliphatic heterocycles. The van der Waals surface area contributed by atoms with Crippen LogP contribution in [0.25, 0.3) is 0 Å². The van der Waals surface area contributed by atoms with E-state index in [-0.39, 0.29) is 19.0 Å². The first kappa shape index (κ1) is 12.2. The highest BCUT2D eigenvalue weighted by Gasteiger charge is 2.30. The maximum atomic E-state index is 11.3. The van der Waals surface area contributed by atoms with Gasteiger partial charge in [0.05, 0.1) is 14.2 Å². The van der Waals surface area contributed by atoms with Crippen LogP contribution in [-0.4, -0.2) is 45.3 Å². The summed E-state index contributed by atoms with van der Waals surface area (Å²) in [5, 5.41) is 0. The number of esters is 3. The second-order valence-corrected chi connectivity index (χ2v) is 2.75. The Balaban J connectivity index is 3.06. The lowest BCUT2D eigenvalue weighted by atomic mass is 10.2. The molecule has 0 amide bonds. The molecule has 0 bridgehead atoms. The molecule has 0 radical (unpaired) electrons. The summed E-state index contributed by atoms with van der Waals surface area (Å²) in [6.07, 6.45) is 0. The van der Waals surface area contributed by atoms with Crippen molar-refractivity contribution in [1.29, 1.82) is 0 Å². The molecule has 0 atom stereocenters. The van der Waals surface area contributed by atoms with E-state index in [0.717, 1.165) is 14.2 Å². The average Bonchev–Trinajstić information content (AvgIpc) is 2.29. The fourth-order valence-electron chi connectivity index (χ4n) is 1.06. The second kappa shape index (κ2) is 5.26. The van der Waals surface area contributed by atoms with Crippen LogP contribution in [0, 0.1) is 0 Å². The molecule has 7 nitrogen and oxygen atoms in total. The first-order chi connectivity index (χ1) is 7.60. The highest BCUT2D eigenvalue weighted by Crippen LogP contribution is 2.14. The van der Waals surface area contributed by atoms with E-state index in [0.29, 0.717) is 0 Å². The molecular formula is C9H10O7. The molecule has 7 heteroatoms. The van der Waals surface area contributed by atoms with Gasteiger partial charge in [-0.2, -0.15) is 0 Å².